The summed E-state index contributed by atoms with van der Waals surface area (Å²) in [5, 5.41) is 2.76. The van der Waals surface area contributed by atoms with Crippen LogP contribution in [0.5, 0.6) is 5.75 Å². The van der Waals surface area contributed by atoms with Crippen LogP contribution in [0.25, 0.3) is 0 Å². The zero-order valence-electron chi connectivity index (χ0n) is 14.3. The summed E-state index contributed by atoms with van der Waals surface area (Å²) in [7, 11) is 1.69. The van der Waals surface area contributed by atoms with Crippen molar-refractivity contribution in [1.29, 1.82) is 0 Å². The Morgan fingerprint density at radius 3 is 2.62 bits per heavy atom. The van der Waals surface area contributed by atoms with Crippen LogP contribution in [0.15, 0.2) is 41.2 Å². The second kappa shape index (κ2) is 8.19. The first-order chi connectivity index (χ1) is 11.5. The number of nitrogens with zero attached hydrogens (tertiary/aromatic N) is 1. The summed E-state index contributed by atoms with van der Waals surface area (Å²) < 4.78 is 5.56. The van der Waals surface area contributed by atoms with Crippen molar-refractivity contribution < 1.29 is 9.53 Å². The minimum atomic E-state index is -0.244. The van der Waals surface area contributed by atoms with E-state index in [1.54, 1.807) is 7.05 Å². The number of rotatable bonds is 6. The number of amides is 2. The highest BCUT2D eigenvalue weighted by atomic mass is 16.5. The van der Waals surface area contributed by atoms with Crippen molar-refractivity contribution in [2.75, 3.05) is 20.2 Å². The predicted molar refractivity (Wildman–Crippen MR) is 93.3 cm³/mol. The number of carbonyl (C=O) groups is 1. The monoisotopic (exact) mass is 329 g/mol. The van der Waals surface area contributed by atoms with Crippen LogP contribution in [0, 0.1) is 13.8 Å². The number of para-hydroxylation sites is 1. The van der Waals surface area contributed by atoms with Crippen molar-refractivity contribution in [3.8, 4) is 5.75 Å². The van der Waals surface area contributed by atoms with Crippen LogP contribution < -0.4 is 15.6 Å². The Balaban J connectivity index is 1.81. The number of aromatic amines is 1. The minimum Gasteiger partial charge on any atom is -0.492 e. The van der Waals surface area contributed by atoms with E-state index in [2.05, 4.69) is 10.3 Å². The molecule has 0 atom stereocenters. The van der Waals surface area contributed by atoms with Gasteiger partial charge in [-0.05, 0) is 37.6 Å². The second-order valence-corrected chi connectivity index (χ2v) is 5.68. The number of carbonyl (C=O) groups excluding carboxylic acids is 1. The molecule has 1 heterocycles. The van der Waals surface area contributed by atoms with Gasteiger partial charge in [0.05, 0.1) is 13.1 Å². The zero-order valence-corrected chi connectivity index (χ0v) is 14.3. The Kier molecular flexibility index (Phi) is 6.01. The second-order valence-electron chi connectivity index (χ2n) is 5.68. The predicted octanol–water partition coefficient (Wildman–Crippen LogP) is 2.21. The van der Waals surface area contributed by atoms with Gasteiger partial charge in [0.1, 0.15) is 12.4 Å². The van der Waals surface area contributed by atoms with Crippen molar-refractivity contribution in [2.45, 2.75) is 20.4 Å². The average Bonchev–Trinajstić information content (AvgIpc) is 2.54. The molecule has 0 saturated heterocycles. The van der Waals surface area contributed by atoms with Crippen LogP contribution >= 0.6 is 0 Å². The SMILES string of the molecule is Cc1cc(C)c(CNC(=O)N(C)CCOc2ccccc2)c(=O)[nH]1. The van der Waals surface area contributed by atoms with E-state index in [1.165, 1.54) is 4.90 Å². The van der Waals surface area contributed by atoms with Gasteiger partial charge in [0.2, 0.25) is 0 Å². The van der Waals surface area contributed by atoms with E-state index in [-0.39, 0.29) is 18.1 Å². The van der Waals surface area contributed by atoms with Gasteiger partial charge in [0.25, 0.3) is 5.56 Å². The van der Waals surface area contributed by atoms with Gasteiger partial charge < -0.3 is 19.9 Å². The van der Waals surface area contributed by atoms with Crippen molar-refractivity contribution in [3.05, 3.63) is 63.6 Å². The number of H-pyrrole nitrogens is 1. The maximum Gasteiger partial charge on any atom is 0.317 e. The molecule has 0 radical (unpaired) electrons. The molecule has 6 nitrogen and oxygen atoms in total. The average molecular weight is 329 g/mol. The molecule has 2 amide bonds. The van der Waals surface area contributed by atoms with Gasteiger partial charge in [0.15, 0.2) is 0 Å². The van der Waals surface area contributed by atoms with Gasteiger partial charge >= 0.3 is 6.03 Å². The maximum absolute atomic E-state index is 12.1. The van der Waals surface area contributed by atoms with Gasteiger partial charge in [-0.2, -0.15) is 0 Å². The van der Waals surface area contributed by atoms with Crippen molar-refractivity contribution in [2.24, 2.45) is 0 Å². The molecule has 2 aromatic rings. The molecule has 2 N–H and O–H groups in total. The maximum atomic E-state index is 12.1. The highest BCUT2D eigenvalue weighted by molar-refractivity contribution is 5.73. The first-order valence-electron chi connectivity index (χ1n) is 7.83. The van der Waals surface area contributed by atoms with E-state index < -0.39 is 0 Å². The molecule has 128 valence electrons. The number of pyridine rings is 1. The molecule has 6 heteroatoms. The lowest BCUT2D eigenvalue weighted by Gasteiger charge is -2.18. The third kappa shape index (κ3) is 4.87. The van der Waals surface area contributed by atoms with E-state index >= 15 is 0 Å². The lowest BCUT2D eigenvalue weighted by Crippen LogP contribution is -2.40. The molecule has 0 spiro atoms. The summed E-state index contributed by atoms with van der Waals surface area (Å²) in [6.45, 7) is 4.74. The van der Waals surface area contributed by atoms with Crippen molar-refractivity contribution in [1.82, 2.24) is 15.2 Å². The fourth-order valence-electron chi connectivity index (χ4n) is 2.32. The molecular formula is C18H23N3O3. The number of ether oxygens (including phenoxy) is 1. The number of likely N-dealkylation sites (N-methyl/N-ethyl adjacent to an activating group) is 1. The molecule has 1 aromatic heterocycles. The lowest BCUT2D eigenvalue weighted by molar-refractivity contribution is 0.195. The van der Waals surface area contributed by atoms with E-state index in [9.17, 15) is 9.59 Å². The Bertz CT molecular complexity index is 741. The molecule has 0 aliphatic carbocycles. The fourth-order valence-corrected chi connectivity index (χ4v) is 2.32. The minimum absolute atomic E-state index is 0.164. The Labute approximate surface area is 141 Å². The van der Waals surface area contributed by atoms with Crippen LogP contribution in [0.4, 0.5) is 4.79 Å². The number of hydrogen-bond donors (Lipinski definition) is 2. The van der Waals surface area contributed by atoms with E-state index in [4.69, 9.17) is 4.74 Å². The molecular weight excluding hydrogens is 306 g/mol. The zero-order chi connectivity index (χ0) is 17.5. The summed E-state index contributed by atoms with van der Waals surface area (Å²) in [5.74, 6) is 0.771. The quantitative estimate of drug-likeness (QED) is 0.853. The molecule has 0 aliphatic heterocycles. The van der Waals surface area contributed by atoms with Crippen LogP contribution in [0.1, 0.15) is 16.8 Å². The number of aromatic nitrogens is 1. The highest BCUT2D eigenvalue weighted by Gasteiger charge is 2.11. The number of hydrogen-bond acceptors (Lipinski definition) is 3. The van der Waals surface area contributed by atoms with Gasteiger partial charge in [-0.3, -0.25) is 4.79 Å². The number of benzene rings is 1. The number of nitrogens with one attached hydrogen (secondary N) is 2. The molecule has 0 fully saturated rings. The van der Waals surface area contributed by atoms with Crippen LogP contribution in [0.3, 0.4) is 0 Å². The normalized spacial score (nSPS) is 10.3. The van der Waals surface area contributed by atoms with E-state index in [0.717, 1.165) is 17.0 Å². The standard InChI is InChI=1S/C18H23N3O3/c1-13-11-14(2)20-17(22)16(13)12-19-18(23)21(3)9-10-24-15-7-5-4-6-8-15/h4-8,11H,9-10,12H2,1-3H3,(H,19,23)(H,20,22). The third-order valence-electron chi connectivity index (χ3n) is 3.70. The summed E-state index contributed by atoms with van der Waals surface area (Å²) in [6, 6.07) is 11.1. The van der Waals surface area contributed by atoms with E-state index in [0.29, 0.717) is 18.7 Å². The Hall–Kier alpha value is -2.76. The molecule has 1 aromatic carbocycles. The lowest BCUT2D eigenvalue weighted by atomic mass is 10.1. The van der Waals surface area contributed by atoms with Gasteiger partial charge in [-0.15, -0.1) is 0 Å². The number of aryl methyl sites for hydroxylation is 2. The van der Waals surface area contributed by atoms with Gasteiger partial charge in [-0.25, -0.2) is 4.79 Å². The largest absolute Gasteiger partial charge is 0.492 e. The fraction of sp³-hybridized carbons (Fsp3) is 0.333. The molecule has 0 unspecified atom stereocenters. The summed E-state index contributed by atoms with van der Waals surface area (Å²) in [5.41, 5.74) is 2.08. The smallest absolute Gasteiger partial charge is 0.317 e. The van der Waals surface area contributed by atoms with Crippen LogP contribution in [-0.2, 0) is 6.54 Å². The highest BCUT2D eigenvalue weighted by Crippen LogP contribution is 2.08. The first-order valence-corrected chi connectivity index (χ1v) is 7.83. The number of urea groups is 1. The first kappa shape index (κ1) is 17.6. The molecule has 0 bridgehead atoms. The van der Waals surface area contributed by atoms with Crippen LogP contribution in [-0.4, -0.2) is 36.1 Å². The summed E-state index contributed by atoms with van der Waals surface area (Å²) in [6.07, 6.45) is 0. The van der Waals surface area contributed by atoms with Crippen molar-refractivity contribution in [3.63, 3.8) is 0 Å². The van der Waals surface area contributed by atoms with Crippen molar-refractivity contribution >= 4 is 6.03 Å². The topological polar surface area (TPSA) is 74.4 Å². The van der Waals surface area contributed by atoms with Crippen LogP contribution in [0.2, 0.25) is 0 Å². The van der Waals surface area contributed by atoms with E-state index in [1.807, 2.05) is 50.2 Å². The van der Waals surface area contributed by atoms with Gasteiger partial charge in [-0.1, -0.05) is 18.2 Å². The van der Waals surface area contributed by atoms with Gasteiger partial charge in [0, 0.05) is 18.3 Å². The molecule has 24 heavy (non-hydrogen) atoms. The summed E-state index contributed by atoms with van der Waals surface area (Å²) >= 11 is 0. The molecule has 2 rings (SSSR count). The molecule has 0 saturated carbocycles. The third-order valence-corrected chi connectivity index (χ3v) is 3.70. The Morgan fingerprint density at radius 2 is 1.96 bits per heavy atom. The Morgan fingerprint density at radius 1 is 1.25 bits per heavy atom. The summed E-state index contributed by atoms with van der Waals surface area (Å²) in [4.78, 5) is 28.3. The molecule has 0 aliphatic rings.